The lowest BCUT2D eigenvalue weighted by Crippen LogP contribution is -2.44. The standard InChI is InChI=1S/C32H32N4O4/c1-33(21-9-3-4-10-21)17-7-19-35-29(37)23-13-15-25-28-26(16-14-24(27(23)28)30(35)38)32(40)36(31(25)39)20-8-18-34(2)22-11-5-6-12-22/h3-6,9-16,21-22H,7-8,17-20H2,1-2H3. The van der Waals surface area contributed by atoms with Crippen molar-refractivity contribution in [2.24, 2.45) is 0 Å². The van der Waals surface area contributed by atoms with Gasteiger partial charge < -0.3 is 0 Å². The number of carbonyl (C=O) groups excluding carboxylic acids is 4. The highest BCUT2D eigenvalue weighted by Gasteiger charge is 2.39. The quantitative estimate of drug-likeness (QED) is 0.431. The van der Waals surface area contributed by atoms with Gasteiger partial charge in [0, 0.05) is 71.3 Å². The van der Waals surface area contributed by atoms with Crippen molar-refractivity contribution in [1.29, 1.82) is 0 Å². The predicted octanol–water partition coefficient (Wildman–Crippen LogP) is 3.66. The van der Waals surface area contributed by atoms with E-state index in [4.69, 9.17) is 0 Å². The van der Waals surface area contributed by atoms with Gasteiger partial charge >= 0.3 is 0 Å². The Morgan fingerprint density at radius 2 is 0.850 bits per heavy atom. The molecule has 6 rings (SSSR count). The summed E-state index contributed by atoms with van der Waals surface area (Å²) in [5.74, 6) is -1.54. The zero-order chi connectivity index (χ0) is 28.0. The molecule has 8 nitrogen and oxygen atoms in total. The van der Waals surface area contributed by atoms with Crippen molar-refractivity contribution in [3.8, 4) is 0 Å². The molecule has 4 amide bonds. The van der Waals surface area contributed by atoms with E-state index >= 15 is 0 Å². The van der Waals surface area contributed by atoms with Gasteiger partial charge in [-0.3, -0.25) is 38.8 Å². The Labute approximate surface area is 233 Å². The molecule has 0 N–H and O–H groups in total. The van der Waals surface area contributed by atoms with Crippen molar-refractivity contribution < 1.29 is 19.2 Å². The van der Waals surface area contributed by atoms with Gasteiger partial charge in [0.1, 0.15) is 0 Å². The fourth-order valence-electron chi connectivity index (χ4n) is 6.06. The van der Waals surface area contributed by atoms with Crippen molar-refractivity contribution in [3.05, 3.63) is 95.1 Å². The predicted molar refractivity (Wildman–Crippen MR) is 153 cm³/mol. The molecule has 0 spiro atoms. The molecule has 0 unspecified atom stereocenters. The number of nitrogens with zero attached hydrogens (tertiary/aromatic N) is 4. The summed E-state index contributed by atoms with van der Waals surface area (Å²) in [6.07, 6.45) is 17.7. The Morgan fingerprint density at radius 1 is 0.550 bits per heavy atom. The summed E-state index contributed by atoms with van der Waals surface area (Å²) < 4.78 is 0. The molecular formula is C32H32N4O4. The van der Waals surface area contributed by atoms with Crippen LogP contribution in [0.25, 0.3) is 10.8 Å². The van der Waals surface area contributed by atoms with Crippen LogP contribution in [0.3, 0.4) is 0 Å². The average molecular weight is 537 g/mol. The zero-order valence-corrected chi connectivity index (χ0v) is 22.7. The number of imide groups is 2. The van der Waals surface area contributed by atoms with Gasteiger partial charge in [-0.2, -0.15) is 0 Å². The van der Waals surface area contributed by atoms with Crippen LogP contribution in [-0.2, 0) is 0 Å². The topological polar surface area (TPSA) is 81.2 Å². The smallest absolute Gasteiger partial charge is 0.261 e. The van der Waals surface area contributed by atoms with Gasteiger partial charge in [0.2, 0.25) is 0 Å². The third kappa shape index (κ3) is 4.33. The number of rotatable bonds is 10. The number of amides is 4. The van der Waals surface area contributed by atoms with E-state index in [1.165, 1.54) is 9.80 Å². The first-order chi connectivity index (χ1) is 19.4. The number of benzene rings is 2. The highest BCUT2D eigenvalue weighted by Crippen LogP contribution is 2.38. The van der Waals surface area contributed by atoms with Crippen molar-refractivity contribution in [3.63, 3.8) is 0 Å². The molecule has 0 atom stereocenters. The number of likely N-dealkylation sites (N-methyl/N-ethyl adjacent to an activating group) is 2. The second-order valence-corrected chi connectivity index (χ2v) is 10.8. The fourth-order valence-corrected chi connectivity index (χ4v) is 6.06. The molecule has 2 aromatic carbocycles. The lowest BCUT2D eigenvalue weighted by molar-refractivity contribution is 0.0583. The number of hydrogen-bond donors (Lipinski definition) is 0. The molecule has 40 heavy (non-hydrogen) atoms. The van der Waals surface area contributed by atoms with Crippen LogP contribution >= 0.6 is 0 Å². The van der Waals surface area contributed by atoms with Gasteiger partial charge in [-0.15, -0.1) is 0 Å². The van der Waals surface area contributed by atoms with Crippen LogP contribution < -0.4 is 0 Å². The molecule has 4 aliphatic rings. The zero-order valence-electron chi connectivity index (χ0n) is 22.7. The molecule has 2 aromatic rings. The van der Waals surface area contributed by atoms with E-state index in [2.05, 4.69) is 34.1 Å². The maximum Gasteiger partial charge on any atom is 0.261 e. The van der Waals surface area contributed by atoms with Gasteiger partial charge in [0.25, 0.3) is 23.6 Å². The van der Waals surface area contributed by atoms with Crippen molar-refractivity contribution in [1.82, 2.24) is 19.6 Å². The van der Waals surface area contributed by atoms with Crippen LogP contribution in [0.2, 0.25) is 0 Å². The highest BCUT2D eigenvalue weighted by atomic mass is 16.2. The number of allylic oxidation sites excluding steroid dienone is 4. The Kier molecular flexibility index (Phi) is 6.82. The average Bonchev–Trinajstić information content (AvgIpc) is 3.69. The maximum absolute atomic E-state index is 13.5. The van der Waals surface area contributed by atoms with Crippen LogP contribution in [0.15, 0.2) is 72.9 Å². The van der Waals surface area contributed by atoms with E-state index in [-0.39, 0.29) is 35.7 Å². The van der Waals surface area contributed by atoms with E-state index in [1.807, 2.05) is 38.4 Å². The van der Waals surface area contributed by atoms with E-state index in [9.17, 15) is 19.2 Å². The second kappa shape index (κ2) is 10.4. The van der Waals surface area contributed by atoms with Crippen LogP contribution in [0, 0.1) is 0 Å². The van der Waals surface area contributed by atoms with Crippen LogP contribution in [-0.4, -0.2) is 95.6 Å². The molecule has 0 radical (unpaired) electrons. The largest absolute Gasteiger partial charge is 0.296 e. The highest BCUT2D eigenvalue weighted by molar-refractivity contribution is 6.33. The molecule has 2 aliphatic carbocycles. The van der Waals surface area contributed by atoms with Gasteiger partial charge in [-0.1, -0.05) is 48.6 Å². The monoisotopic (exact) mass is 536 g/mol. The summed E-state index contributed by atoms with van der Waals surface area (Å²) in [6, 6.07) is 6.97. The minimum absolute atomic E-state index is 0.224. The third-order valence-electron chi connectivity index (χ3n) is 8.32. The summed E-state index contributed by atoms with van der Waals surface area (Å²) in [6.45, 7) is 2.02. The molecule has 8 heteroatoms. The van der Waals surface area contributed by atoms with E-state index in [1.54, 1.807) is 24.3 Å². The Morgan fingerprint density at radius 3 is 1.15 bits per heavy atom. The van der Waals surface area contributed by atoms with Crippen LogP contribution in [0.4, 0.5) is 0 Å². The van der Waals surface area contributed by atoms with Crippen molar-refractivity contribution >= 4 is 34.4 Å². The Hall–Kier alpha value is -4.14. The van der Waals surface area contributed by atoms with Crippen molar-refractivity contribution in [2.75, 3.05) is 40.3 Å². The second-order valence-electron chi connectivity index (χ2n) is 10.8. The molecule has 0 aromatic heterocycles. The molecule has 2 aliphatic heterocycles. The van der Waals surface area contributed by atoms with E-state index in [0.717, 1.165) is 13.1 Å². The van der Waals surface area contributed by atoms with E-state index < -0.39 is 0 Å². The van der Waals surface area contributed by atoms with Gasteiger partial charge in [-0.25, -0.2) is 0 Å². The summed E-state index contributed by atoms with van der Waals surface area (Å²) in [5, 5.41) is 0.834. The normalized spacial score (nSPS) is 18.3. The van der Waals surface area contributed by atoms with Crippen molar-refractivity contribution in [2.45, 2.75) is 24.9 Å². The maximum atomic E-state index is 13.5. The minimum Gasteiger partial charge on any atom is -0.296 e. The number of carbonyl (C=O) groups is 4. The number of hydrogen-bond acceptors (Lipinski definition) is 6. The molecule has 0 saturated carbocycles. The summed E-state index contributed by atoms with van der Waals surface area (Å²) in [7, 11) is 4.03. The Balaban J connectivity index is 1.21. The van der Waals surface area contributed by atoms with Crippen LogP contribution in [0.1, 0.15) is 54.3 Å². The summed E-state index contributed by atoms with van der Waals surface area (Å²) in [4.78, 5) is 60.9. The molecular weight excluding hydrogens is 504 g/mol. The van der Waals surface area contributed by atoms with Crippen LogP contribution in [0.5, 0.6) is 0 Å². The first-order valence-corrected chi connectivity index (χ1v) is 13.8. The van der Waals surface area contributed by atoms with Gasteiger partial charge in [0.05, 0.1) is 0 Å². The first-order valence-electron chi connectivity index (χ1n) is 13.8. The molecule has 204 valence electrons. The summed E-state index contributed by atoms with van der Waals surface area (Å²) in [5.41, 5.74) is 1.44. The molecule has 2 heterocycles. The molecule has 0 saturated heterocycles. The SMILES string of the molecule is CN(CCCN1C(=O)c2ccc3c4c(ccc(c24)C1=O)C(=O)N(CCCN(C)C1C=CC=C1)C3=O)C1C=CC=C1. The molecule has 0 bridgehead atoms. The summed E-state index contributed by atoms with van der Waals surface area (Å²) >= 11 is 0. The lowest BCUT2D eigenvalue weighted by Gasteiger charge is -2.32. The molecule has 0 fully saturated rings. The Bertz CT molecular complexity index is 1340. The van der Waals surface area contributed by atoms with E-state index in [0.29, 0.717) is 59.0 Å². The lowest BCUT2D eigenvalue weighted by atomic mass is 9.86. The fraction of sp³-hybridized carbons (Fsp3) is 0.312. The van der Waals surface area contributed by atoms with Gasteiger partial charge in [-0.05, 0) is 51.2 Å². The third-order valence-corrected chi connectivity index (χ3v) is 8.32. The minimum atomic E-state index is -0.384. The van der Waals surface area contributed by atoms with Gasteiger partial charge in [0.15, 0.2) is 0 Å². The first kappa shape index (κ1) is 26.1.